The zero-order chi connectivity index (χ0) is 15.3. The fourth-order valence-corrected chi connectivity index (χ4v) is 2.20. The molecule has 0 aliphatic heterocycles. The molecule has 0 fully saturated rings. The monoisotopic (exact) mass is 275 g/mol. The average molecular weight is 275 g/mol. The lowest BCUT2D eigenvalue weighted by molar-refractivity contribution is 0.423. The molecule has 1 rings (SSSR count). The maximum Gasteiger partial charge on any atom is 0.133 e. The van der Waals surface area contributed by atoms with E-state index in [4.69, 9.17) is 4.98 Å². The maximum atomic E-state index is 4.76. The van der Waals surface area contributed by atoms with Crippen LogP contribution in [0.2, 0.25) is 0 Å². The molecule has 1 heterocycles. The van der Waals surface area contributed by atoms with Gasteiger partial charge in [0.05, 0.1) is 0 Å². The Hall–Kier alpha value is -1.35. The Balaban J connectivity index is 3.15. The molecule has 3 nitrogen and oxygen atoms in total. The van der Waals surface area contributed by atoms with Crippen LogP contribution in [-0.4, -0.2) is 23.6 Å². The fourth-order valence-electron chi connectivity index (χ4n) is 2.20. The minimum Gasteiger partial charge on any atom is -0.353 e. The zero-order valence-corrected chi connectivity index (χ0v) is 13.9. The van der Waals surface area contributed by atoms with Crippen LogP contribution in [0.4, 0.5) is 5.82 Å². The highest BCUT2D eigenvalue weighted by Gasteiger charge is 2.16. The number of anilines is 1. The predicted molar refractivity (Wildman–Crippen MR) is 88.4 cm³/mol. The van der Waals surface area contributed by atoms with E-state index in [2.05, 4.69) is 64.4 Å². The lowest BCUT2D eigenvalue weighted by Gasteiger charge is -2.27. The van der Waals surface area contributed by atoms with Crippen molar-refractivity contribution in [3.05, 3.63) is 35.5 Å². The molecule has 20 heavy (non-hydrogen) atoms. The van der Waals surface area contributed by atoms with Crippen LogP contribution in [0.15, 0.2) is 18.7 Å². The summed E-state index contributed by atoms with van der Waals surface area (Å²) in [6, 6.07) is 2.16. The molecule has 0 amide bonds. The molecule has 1 aromatic rings. The van der Waals surface area contributed by atoms with Crippen LogP contribution in [-0.2, 0) is 6.54 Å². The summed E-state index contributed by atoms with van der Waals surface area (Å²) in [6.07, 6.45) is 1.93. The Morgan fingerprint density at radius 2 is 2.00 bits per heavy atom. The van der Waals surface area contributed by atoms with Crippen molar-refractivity contribution < 1.29 is 0 Å². The van der Waals surface area contributed by atoms with Gasteiger partial charge < -0.3 is 10.2 Å². The number of hydrogen-bond donors (Lipinski definition) is 1. The minimum atomic E-state index is 0.101. The van der Waals surface area contributed by atoms with Gasteiger partial charge in [-0.15, -0.1) is 6.58 Å². The SMILES string of the molecule is C=CCN(CC)c1nc(C)cc(C)c1CNC(C)(C)C. The first kappa shape index (κ1) is 16.7. The van der Waals surface area contributed by atoms with E-state index >= 15 is 0 Å². The van der Waals surface area contributed by atoms with Gasteiger partial charge in [0.1, 0.15) is 5.82 Å². The largest absolute Gasteiger partial charge is 0.353 e. The normalized spacial score (nSPS) is 11.5. The topological polar surface area (TPSA) is 28.2 Å². The second-order valence-electron chi connectivity index (χ2n) is 6.31. The first-order chi connectivity index (χ1) is 9.28. The molecule has 0 saturated heterocycles. The quantitative estimate of drug-likeness (QED) is 0.804. The minimum absolute atomic E-state index is 0.101. The Labute approximate surface area is 124 Å². The van der Waals surface area contributed by atoms with Crippen molar-refractivity contribution >= 4 is 5.82 Å². The van der Waals surface area contributed by atoms with Gasteiger partial charge in [-0.05, 0) is 53.2 Å². The average Bonchev–Trinajstić information content (AvgIpc) is 2.32. The lowest BCUT2D eigenvalue weighted by atomic mass is 10.1. The number of rotatable bonds is 6. The molecule has 0 aliphatic rings. The standard InChI is InChI=1S/C17H29N3/c1-8-10-20(9-2)16-15(12-18-17(5,6)7)13(3)11-14(4)19-16/h8,11,18H,1,9-10,12H2,2-7H3. The number of aromatic nitrogens is 1. The van der Waals surface area contributed by atoms with Crippen LogP contribution in [0.3, 0.4) is 0 Å². The third-order valence-corrected chi connectivity index (χ3v) is 3.28. The van der Waals surface area contributed by atoms with Gasteiger partial charge in [-0.2, -0.15) is 0 Å². The molecular formula is C17H29N3. The van der Waals surface area contributed by atoms with E-state index in [1.807, 2.05) is 6.08 Å². The number of pyridine rings is 1. The molecule has 3 heteroatoms. The predicted octanol–water partition coefficient (Wildman–Crippen LogP) is 3.60. The zero-order valence-electron chi connectivity index (χ0n) is 13.9. The molecule has 0 bridgehead atoms. The Morgan fingerprint density at radius 1 is 1.35 bits per heavy atom. The summed E-state index contributed by atoms with van der Waals surface area (Å²) in [5, 5.41) is 3.57. The van der Waals surface area contributed by atoms with E-state index in [1.165, 1.54) is 11.1 Å². The third kappa shape index (κ3) is 4.64. The molecule has 0 atom stereocenters. The van der Waals surface area contributed by atoms with Gasteiger partial charge >= 0.3 is 0 Å². The van der Waals surface area contributed by atoms with Crippen molar-refractivity contribution in [1.29, 1.82) is 0 Å². The molecule has 1 N–H and O–H groups in total. The Kier molecular flexibility index (Phi) is 5.75. The van der Waals surface area contributed by atoms with Gasteiger partial charge in [-0.25, -0.2) is 4.98 Å². The molecule has 1 aromatic heterocycles. The van der Waals surface area contributed by atoms with E-state index in [0.717, 1.165) is 31.1 Å². The van der Waals surface area contributed by atoms with Gasteiger partial charge in [0.25, 0.3) is 0 Å². The highest BCUT2D eigenvalue weighted by Crippen LogP contribution is 2.23. The molecule has 0 spiro atoms. The first-order valence-electron chi connectivity index (χ1n) is 7.36. The molecule has 0 unspecified atom stereocenters. The lowest BCUT2D eigenvalue weighted by Crippen LogP contribution is -2.36. The van der Waals surface area contributed by atoms with E-state index in [0.29, 0.717) is 0 Å². The maximum absolute atomic E-state index is 4.76. The second-order valence-corrected chi connectivity index (χ2v) is 6.31. The van der Waals surface area contributed by atoms with Crippen LogP contribution in [0.5, 0.6) is 0 Å². The number of likely N-dealkylation sites (N-methyl/N-ethyl adjacent to an activating group) is 1. The summed E-state index contributed by atoms with van der Waals surface area (Å²) in [5.41, 5.74) is 3.75. The molecular weight excluding hydrogens is 246 g/mol. The number of aryl methyl sites for hydroxylation is 2. The second kappa shape index (κ2) is 6.89. The Bertz CT molecular complexity index is 458. The summed E-state index contributed by atoms with van der Waals surface area (Å²) in [5.74, 6) is 1.08. The van der Waals surface area contributed by atoms with Crippen LogP contribution in [0, 0.1) is 13.8 Å². The molecule has 112 valence electrons. The van der Waals surface area contributed by atoms with Crippen LogP contribution in [0.25, 0.3) is 0 Å². The van der Waals surface area contributed by atoms with Gasteiger partial charge in [0.2, 0.25) is 0 Å². The fraction of sp³-hybridized carbons (Fsp3) is 0.588. The van der Waals surface area contributed by atoms with E-state index < -0.39 is 0 Å². The number of nitrogens with one attached hydrogen (secondary N) is 1. The van der Waals surface area contributed by atoms with Gasteiger partial charge in [-0.3, -0.25) is 0 Å². The number of nitrogens with zero attached hydrogens (tertiary/aromatic N) is 2. The van der Waals surface area contributed by atoms with Crippen molar-refractivity contribution in [2.45, 2.75) is 53.6 Å². The van der Waals surface area contributed by atoms with Crippen LogP contribution < -0.4 is 10.2 Å². The van der Waals surface area contributed by atoms with E-state index in [1.54, 1.807) is 0 Å². The van der Waals surface area contributed by atoms with Crippen molar-refractivity contribution in [1.82, 2.24) is 10.3 Å². The van der Waals surface area contributed by atoms with Crippen molar-refractivity contribution in [3.63, 3.8) is 0 Å². The highest BCUT2D eigenvalue weighted by atomic mass is 15.2. The summed E-state index contributed by atoms with van der Waals surface area (Å²) in [7, 11) is 0. The molecule has 0 aromatic carbocycles. The smallest absolute Gasteiger partial charge is 0.133 e. The highest BCUT2D eigenvalue weighted by molar-refractivity contribution is 5.52. The summed E-state index contributed by atoms with van der Waals surface area (Å²) in [4.78, 5) is 7.03. The summed E-state index contributed by atoms with van der Waals surface area (Å²) < 4.78 is 0. The van der Waals surface area contributed by atoms with E-state index in [-0.39, 0.29) is 5.54 Å². The third-order valence-electron chi connectivity index (χ3n) is 3.28. The summed E-state index contributed by atoms with van der Waals surface area (Å²) in [6.45, 7) is 19.4. The van der Waals surface area contributed by atoms with Crippen molar-refractivity contribution in [3.8, 4) is 0 Å². The Morgan fingerprint density at radius 3 is 2.50 bits per heavy atom. The summed E-state index contributed by atoms with van der Waals surface area (Å²) >= 11 is 0. The van der Waals surface area contributed by atoms with Crippen molar-refractivity contribution in [2.24, 2.45) is 0 Å². The molecule has 0 saturated carbocycles. The first-order valence-corrected chi connectivity index (χ1v) is 7.36. The van der Waals surface area contributed by atoms with Gasteiger partial charge in [-0.1, -0.05) is 6.08 Å². The number of hydrogen-bond acceptors (Lipinski definition) is 3. The van der Waals surface area contributed by atoms with Gasteiger partial charge in [0, 0.05) is 36.4 Å². The molecule has 0 radical (unpaired) electrons. The van der Waals surface area contributed by atoms with Crippen molar-refractivity contribution in [2.75, 3.05) is 18.0 Å². The van der Waals surface area contributed by atoms with Gasteiger partial charge in [0.15, 0.2) is 0 Å². The van der Waals surface area contributed by atoms with Crippen LogP contribution >= 0.6 is 0 Å². The van der Waals surface area contributed by atoms with E-state index in [9.17, 15) is 0 Å². The molecule has 0 aliphatic carbocycles. The van der Waals surface area contributed by atoms with Crippen LogP contribution in [0.1, 0.15) is 44.5 Å².